The number of nitrogens with two attached hydrogens (primary N) is 1. The number of nitrogens with one attached hydrogen (secondary N) is 1. The van der Waals surface area contributed by atoms with Crippen LogP contribution in [0.25, 0.3) is 0 Å². The molecular formula is C11H15Cl3N2O2. The molecule has 1 aromatic carbocycles. The number of methoxy groups -OCH3 is 1. The van der Waals surface area contributed by atoms with E-state index in [-0.39, 0.29) is 24.4 Å². The van der Waals surface area contributed by atoms with Crippen molar-refractivity contribution in [2.75, 3.05) is 13.7 Å². The highest BCUT2D eigenvalue weighted by molar-refractivity contribution is 6.42. The SMILES string of the molecule is COc1cc(Cl)c(Cl)cc1C(=O)N[C@@H](C)CN.Cl. The Labute approximate surface area is 122 Å². The van der Waals surface area contributed by atoms with Crippen molar-refractivity contribution in [3.8, 4) is 5.75 Å². The molecule has 102 valence electrons. The predicted octanol–water partition coefficient (Wildman–Crippen LogP) is 2.50. The maximum Gasteiger partial charge on any atom is 0.255 e. The van der Waals surface area contributed by atoms with Crippen LogP contribution in [0, 0.1) is 0 Å². The van der Waals surface area contributed by atoms with E-state index in [0.717, 1.165) is 0 Å². The molecule has 3 N–H and O–H groups in total. The van der Waals surface area contributed by atoms with Gasteiger partial charge in [0.1, 0.15) is 5.75 Å². The lowest BCUT2D eigenvalue weighted by molar-refractivity contribution is 0.0938. The molecule has 0 aliphatic rings. The normalized spacial score (nSPS) is 11.4. The summed E-state index contributed by atoms with van der Waals surface area (Å²) >= 11 is 11.7. The predicted molar refractivity (Wildman–Crippen MR) is 76.2 cm³/mol. The standard InChI is InChI=1S/C11H14Cl2N2O2.ClH/c1-6(5-14)15-11(16)7-3-8(12)9(13)4-10(7)17-2;/h3-4,6H,5,14H2,1-2H3,(H,15,16);1H/t6-;/m0./s1. The van der Waals surface area contributed by atoms with Gasteiger partial charge in [0, 0.05) is 18.7 Å². The van der Waals surface area contributed by atoms with E-state index in [1.54, 1.807) is 0 Å². The van der Waals surface area contributed by atoms with E-state index in [4.69, 9.17) is 33.7 Å². The molecule has 0 aliphatic carbocycles. The Kier molecular flexibility index (Phi) is 7.40. The Bertz CT molecular complexity index is 427. The van der Waals surface area contributed by atoms with Gasteiger partial charge in [-0.2, -0.15) is 0 Å². The zero-order valence-electron chi connectivity index (χ0n) is 10.00. The fourth-order valence-electron chi connectivity index (χ4n) is 1.24. The highest BCUT2D eigenvalue weighted by Gasteiger charge is 2.16. The number of ether oxygens (including phenoxy) is 1. The molecule has 1 amide bonds. The molecule has 0 radical (unpaired) electrons. The average Bonchev–Trinajstić information content (AvgIpc) is 2.31. The summed E-state index contributed by atoms with van der Waals surface area (Å²) in [5.74, 6) is 0.0829. The van der Waals surface area contributed by atoms with Gasteiger partial charge in [-0.1, -0.05) is 23.2 Å². The molecule has 0 bridgehead atoms. The minimum Gasteiger partial charge on any atom is -0.496 e. The van der Waals surface area contributed by atoms with Gasteiger partial charge >= 0.3 is 0 Å². The van der Waals surface area contributed by atoms with E-state index < -0.39 is 0 Å². The number of carbonyl (C=O) groups is 1. The second kappa shape index (κ2) is 7.69. The fraction of sp³-hybridized carbons (Fsp3) is 0.364. The maximum atomic E-state index is 11.9. The first-order chi connectivity index (χ1) is 7.99. The molecule has 4 nitrogen and oxygen atoms in total. The molecule has 0 spiro atoms. The van der Waals surface area contributed by atoms with Crippen molar-refractivity contribution in [2.24, 2.45) is 5.73 Å². The molecule has 1 rings (SSSR count). The molecule has 1 aromatic rings. The number of rotatable bonds is 4. The molecule has 7 heteroatoms. The molecule has 1 atom stereocenters. The first-order valence-corrected chi connectivity index (χ1v) is 5.79. The van der Waals surface area contributed by atoms with Crippen LogP contribution in [0.5, 0.6) is 5.75 Å². The lowest BCUT2D eigenvalue weighted by atomic mass is 10.1. The summed E-state index contributed by atoms with van der Waals surface area (Å²) in [4.78, 5) is 11.9. The van der Waals surface area contributed by atoms with Gasteiger partial charge in [0.05, 0.1) is 22.7 Å². The van der Waals surface area contributed by atoms with Gasteiger partial charge in [0.15, 0.2) is 0 Å². The molecule has 0 unspecified atom stereocenters. The van der Waals surface area contributed by atoms with E-state index in [9.17, 15) is 4.79 Å². The highest BCUT2D eigenvalue weighted by Crippen LogP contribution is 2.30. The number of carbonyl (C=O) groups excluding carboxylic acids is 1. The van der Waals surface area contributed by atoms with Crippen LogP contribution < -0.4 is 15.8 Å². The van der Waals surface area contributed by atoms with Gasteiger partial charge in [-0.3, -0.25) is 4.79 Å². The Hall–Kier alpha value is -0.680. The van der Waals surface area contributed by atoms with Crippen molar-refractivity contribution in [1.82, 2.24) is 5.32 Å². The summed E-state index contributed by atoms with van der Waals surface area (Å²) < 4.78 is 5.08. The fourth-order valence-corrected chi connectivity index (χ4v) is 1.55. The molecule has 0 fully saturated rings. The Morgan fingerprint density at radius 2 is 2.00 bits per heavy atom. The molecule has 18 heavy (non-hydrogen) atoms. The van der Waals surface area contributed by atoms with Crippen LogP contribution in [0.3, 0.4) is 0 Å². The number of benzene rings is 1. The van der Waals surface area contributed by atoms with Gasteiger partial charge in [-0.05, 0) is 13.0 Å². The average molecular weight is 314 g/mol. The van der Waals surface area contributed by atoms with Crippen molar-refractivity contribution in [1.29, 1.82) is 0 Å². The summed E-state index contributed by atoms with van der Waals surface area (Å²) in [6.45, 7) is 2.16. The van der Waals surface area contributed by atoms with E-state index in [1.165, 1.54) is 19.2 Å². The molecule has 0 heterocycles. The largest absolute Gasteiger partial charge is 0.496 e. The van der Waals surface area contributed by atoms with Crippen LogP contribution in [-0.2, 0) is 0 Å². The third-order valence-electron chi connectivity index (χ3n) is 2.22. The quantitative estimate of drug-likeness (QED) is 0.897. The summed E-state index contributed by atoms with van der Waals surface area (Å²) in [5, 5.41) is 3.37. The first-order valence-electron chi connectivity index (χ1n) is 5.03. The molecule has 0 aliphatic heterocycles. The zero-order chi connectivity index (χ0) is 13.0. The van der Waals surface area contributed by atoms with Gasteiger partial charge in [0.2, 0.25) is 0 Å². The van der Waals surface area contributed by atoms with Crippen LogP contribution in [0.2, 0.25) is 10.0 Å². The third-order valence-corrected chi connectivity index (χ3v) is 2.94. The topological polar surface area (TPSA) is 64.3 Å². The Morgan fingerprint density at radius 1 is 1.44 bits per heavy atom. The van der Waals surface area contributed by atoms with Crippen LogP contribution in [0.4, 0.5) is 0 Å². The monoisotopic (exact) mass is 312 g/mol. The summed E-state index contributed by atoms with van der Waals surface area (Å²) in [6, 6.07) is 2.86. The van der Waals surface area contributed by atoms with Crippen LogP contribution >= 0.6 is 35.6 Å². The lowest BCUT2D eigenvalue weighted by Crippen LogP contribution is -2.37. The lowest BCUT2D eigenvalue weighted by Gasteiger charge is -2.14. The van der Waals surface area contributed by atoms with Crippen LogP contribution in [-0.4, -0.2) is 25.6 Å². The number of amides is 1. The Balaban J connectivity index is 0.00000289. The second-order valence-corrected chi connectivity index (χ2v) is 4.39. The molecule has 0 saturated carbocycles. The Morgan fingerprint density at radius 3 is 2.50 bits per heavy atom. The summed E-state index contributed by atoms with van der Waals surface area (Å²) in [5.41, 5.74) is 5.77. The van der Waals surface area contributed by atoms with Crippen molar-refractivity contribution in [2.45, 2.75) is 13.0 Å². The molecular weight excluding hydrogens is 298 g/mol. The number of hydrogen-bond donors (Lipinski definition) is 2. The van der Waals surface area contributed by atoms with Gasteiger partial charge in [-0.25, -0.2) is 0 Å². The minimum absolute atomic E-state index is 0. The van der Waals surface area contributed by atoms with Crippen LogP contribution in [0.15, 0.2) is 12.1 Å². The number of halogens is 3. The van der Waals surface area contributed by atoms with Crippen molar-refractivity contribution < 1.29 is 9.53 Å². The maximum absolute atomic E-state index is 11.9. The summed E-state index contributed by atoms with van der Waals surface area (Å²) in [6.07, 6.45) is 0. The smallest absolute Gasteiger partial charge is 0.255 e. The second-order valence-electron chi connectivity index (χ2n) is 3.58. The first kappa shape index (κ1) is 17.3. The minimum atomic E-state index is -0.293. The van der Waals surface area contributed by atoms with E-state index in [0.29, 0.717) is 27.9 Å². The summed E-state index contributed by atoms with van der Waals surface area (Å²) in [7, 11) is 1.46. The van der Waals surface area contributed by atoms with Gasteiger partial charge in [-0.15, -0.1) is 12.4 Å². The molecule has 0 aromatic heterocycles. The zero-order valence-corrected chi connectivity index (χ0v) is 12.3. The van der Waals surface area contributed by atoms with Crippen LogP contribution in [0.1, 0.15) is 17.3 Å². The third kappa shape index (κ3) is 4.21. The number of hydrogen-bond acceptors (Lipinski definition) is 3. The highest BCUT2D eigenvalue weighted by atomic mass is 35.5. The van der Waals surface area contributed by atoms with E-state index in [1.807, 2.05) is 6.92 Å². The van der Waals surface area contributed by atoms with Gasteiger partial charge in [0.25, 0.3) is 5.91 Å². The van der Waals surface area contributed by atoms with Crippen molar-refractivity contribution in [3.63, 3.8) is 0 Å². The van der Waals surface area contributed by atoms with Gasteiger partial charge < -0.3 is 15.8 Å². The van der Waals surface area contributed by atoms with Crippen molar-refractivity contribution >= 4 is 41.5 Å². The van der Waals surface area contributed by atoms with E-state index >= 15 is 0 Å². The van der Waals surface area contributed by atoms with E-state index in [2.05, 4.69) is 5.32 Å². The molecule has 0 saturated heterocycles. The van der Waals surface area contributed by atoms with Crippen molar-refractivity contribution in [3.05, 3.63) is 27.7 Å².